The number of rotatable bonds is 4. The van der Waals surface area contributed by atoms with E-state index in [4.69, 9.17) is 0 Å². The van der Waals surface area contributed by atoms with Gasteiger partial charge in [-0.05, 0) is 49.9 Å². The maximum absolute atomic E-state index is 12.0. The Morgan fingerprint density at radius 1 is 1.18 bits per heavy atom. The monoisotopic (exact) mass is 304 g/mol. The van der Waals surface area contributed by atoms with Crippen LogP contribution in [0.25, 0.3) is 0 Å². The van der Waals surface area contributed by atoms with Crippen molar-refractivity contribution in [2.45, 2.75) is 45.6 Å². The first-order valence-corrected chi connectivity index (χ1v) is 7.78. The second kappa shape index (κ2) is 7.40. The average molecular weight is 304 g/mol. The highest BCUT2D eigenvalue weighted by atomic mass is 16.3. The molecule has 1 aromatic carbocycles. The van der Waals surface area contributed by atoms with Gasteiger partial charge in [0, 0.05) is 31.6 Å². The van der Waals surface area contributed by atoms with Crippen molar-refractivity contribution in [1.82, 2.24) is 4.90 Å². The predicted molar refractivity (Wildman–Crippen MR) is 85.6 cm³/mol. The number of piperidine rings is 1. The Balaban J connectivity index is 1.77. The fraction of sp³-hybridized carbons (Fsp3) is 0.529. The predicted octanol–water partition coefficient (Wildman–Crippen LogP) is 2.01. The Hall–Kier alpha value is -1.88. The topological polar surface area (TPSA) is 69.6 Å². The summed E-state index contributed by atoms with van der Waals surface area (Å²) >= 11 is 0. The minimum Gasteiger partial charge on any atom is -0.393 e. The van der Waals surface area contributed by atoms with E-state index in [-0.39, 0.29) is 30.8 Å². The van der Waals surface area contributed by atoms with Crippen molar-refractivity contribution in [1.29, 1.82) is 0 Å². The smallest absolute Gasteiger partial charge is 0.224 e. The third-order valence-corrected chi connectivity index (χ3v) is 4.17. The lowest BCUT2D eigenvalue weighted by Gasteiger charge is -2.29. The molecule has 5 heteroatoms. The molecule has 5 nitrogen and oxygen atoms in total. The summed E-state index contributed by atoms with van der Waals surface area (Å²) in [7, 11) is 0. The maximum atomic E-state index is 12.0. The number of aliphatic hydroxyl groups excluding tert-OH is 1. The van der Waals surface area contributed by atoms with Gasteiger partial charge in [-0.25, -0.2) is 0 Å². The van der Waals surface area contributed by atoms with Crippen molar-refractivity contribution in [3.63, 3.8) is 0 Å². The number of amides is 2. The van der Waals surface area contributed by atoms with Gasteiger partial charge in [0.1, 0.15) is 0 Å². The fourth-order valence-electron chi connectivity index (χ4n) is 2.54. The van der Waals surface area contributed by atoms with Gasteiger partial charge >= 0.3 is 0 Å². The van der Waals surface area contributed by atoms with Crippen molar-refractivity contribution in [2.75, 3.05) is 18.4 Å². The van der Waals surface area contributed by atoms with Gasteiger partial charge in [-0.15, -0.1) is 0 Å². The van der Waals surface area contributed by atoms with Gasteiger partial charge in [0.2, 0.25) is 11.8 Å². The molecule has 0 saturated carbocycles. The SMILES string of the molecule is Cc1ccc(NC(=O)CCC(=O)N2CCC(O)CC2)cc1C. The molecule has 120 valence electrons. The molecule has 1 aromatic rings. The zero-order valence-corrected chi connectivity index (χ0v) is 13.3. The molecule has 1 saturated heterocycles. The number of anilines is 1. The molecule has 22 heavy (non-hydrogen) atoms. The van der Waals surface area contributed by atoms with Crippen LogP contribution in [0.3, 0.4) is 0 Å². The van der Waals surface area contributed by atoms with Crippen molar-refractivity contribution < 1.29 is 14.7 Å². The van der Waals surface area contributed by atoms with Crippen molar-refractivity contribution in [2.24, 2.45) is 0 Å². The summed E-state index contributed by atoms with van der Waals surface area (Å²) in [6, 6.07) is 5.77. The van der Waals surface area contributed by atoms with Crippen LogP contribution in [-0.2, 0) is 9.59 Å². The number of benzene rings is 1. The van der Waals surface area contributed by atoms with Crippen molar-refractivity contribution in [3.05, 3.63) is 29.3 Å². The molecule has 0 unspecified atom stereocenters. The summed E-state index contributed by atoms with van der Waals surface area (Å²) in [5, 5.41) is 12.3. The molecule has 0 radical (unpaired) electrons. The van der Waals surface area contributed by atoms with Gasteiger partial charge in [0.25, 0.3) is 0 Å². The quantitative estimate of drug-likeness (QED) is 0.894. The molecule has 2 rings (SSSR count). The van der Waals surface area contributed by atoms with Crippen LogP contribution in [0, 0.1) is 13.8 Å². The molecule has 1 fully saturated rings. The lowest BCUT2D eigenvalue weighted by Crippen LogP contribution is -2.40. The van der Waals surface area contributed by atoms with Gasteiger partial charge in [-0.1, -0.05) is 6.07 Å². The number of hydrogen-bond donors (Lipinski definition) is 2. The molecular weight excluding hydrogens is 280 g/mol. The average Bonchev–Trinajstić information content (AvgIpc) is 2.49. The van der Waals surface area contributed by atoms with Crippen molar-refractivity contribution in [3.8, 4) is 0 Å². The molecule has 1 heterocycles. The van der Waals surface area contributed by atoms with Gasteiger partial charge in [0.05, 0.1) is 6.10 Å². The first kappa shape index (κ1) is 16.5. The first-order chi connectivity index (χ1) is 10.5. The Bertz CT molecular complexity index is 549. The highest BCUT2D eigenvalue weighted by Crippen LogP contribution is 2.15. The third-order valence-electron chi connectivity index (χ3n) is 4.17. The maximum Gasteiger partial charge on any atom is 0.224 e. The number of aliphatic hydroxyl groups is 1. The highest BCUT2D eigenvalue weighted by Gasteiger charge is 2.21. The standard InChI is InChI=1S/C17H24N2O3/c1-12-3-4-14(11-13(12)2)18-16(21)5-6-17(22)19-9-7-15(20)8-10-19/h3-4,11,15,20H,5-10H2,1-2H3,(H,18,21). The summed E-state index contributed by atoms with van der Waals surface area (Å²) in [4.78, 5) is 25.7. The minimum atomic E-state index is -0.294. The Labute approximate surface area is 131 Å². The van der Waals surface area contributed by atoms with Crippen LogP contribution in [0.1, 0.15) is 36.8 Å². The Morgan fingerprint density at radius 2 is 1.86 bits per heavy atom. The number of carbonyl (C=O) groups is 2. The van der Waals surface area contributed by atoms with E-state index in [9.17, 15) is 14.7 Å². The normalized spacial score (nSPS) is 15.7. The Kier molecular flexibility index (Phi) is 5.55. The first-order valence-electron chi connectivity index (χ1n) is 7.78. The van der Waals surface area contributed by atoms with Gasteiger partial charge in [-0.2, -0.15) is 0 Å². The van der Waals surface area contributed by atoms with Gasteiger partial charge in [-0.3, -0.25) is 9.59 Å². The summed E-state index contributed by atoms with van der Waals surface area (Å²) in [5.41, 5.74) is 3.07. The molecule has 2 amide bonds. The zero-order valence-electron chi connectivity index (χ0n) is 13.3. The molecule has 0 atom stereocenters. The zero-order chi connectivity index (χ0) is 16.1. The molecular formula is C17H24N2O3. The van der Waals surface area contributed by atoms with Gasteiger partial charge < -0.3 is 15.3 Å². The number of carbonyl (C=O) groups excluding carboxylic acids is 2. The largest absolute Gasteiger partial charge is 0.393 e. The number of likely N-dealkylation sites (tertiary alicyclic amines) is 1. The molecule has 2 N–H and O–H groups in total. The van der Waals surface area contributed by atoms with E-state index >= 15 is 0 Å². The second-order valence-electron chi connectivity index (χ2n) is 5.96. The third kappa shape index (κ3) is 4.56. The molecule has 0 bridgehead atoms. The van der Waals surface area contributed by atoms with Crippen molar-refractivity contribution >= 4 is 17.5 Å². The molecule has 0 aromatic heterocycles. The van der Waals surface area contributed by atoms with Crippen LogP contribution < -0.4 is 5.32 Å². The number of hydrogen-bond acceptors (Lipinski definition) is 3. The summed E-state index contributed by atoms with van der Waals surface area (Å²) in [6.07, 6.45) is 1.36. The molecule has 0 spiro atoms. The van der Waals surface area contributed by atoms with Gasteiger partial charge in [0.15, 0.2) is 0 Å². The highest BCUT2D eigenvalue weighted by molar-refractivity contribution is 5.93. The lowest BCUT2D eigenvalue weighted by molar-refractivity contribution is -0.134. The fourth-order valence-corrected chi connectivity index (χ4v) is 2.54. The molecule has 0 aliphatic carbocycles. The summed E-state index contributed by atoms with van der Waals surface area (Å²) in [5.74, 6) is -0.157. The van der Waals surface area contributed by atoms with Crippen LogP contribution in [0.5, 0.6) is 0 Å². The Morgan fingerprint density at radius 3 is 2.50 bits per heavy atom. The van der Waals surface area contributed by atoms with E-state index in [1.807, 2.05) is 32.0 Å². The van der Waals surface area contributed by atoms with E-state index < -0.39 is 0 Å². The number of nitrogens with zero attached hydrogens (tertiary/aromatic N) is 1. The summed E-state index contributed by atoms with van der Waals surface area (Å²) in [6.45, 7) is 5.19. The second-order valence-corrected chi connectivity index (χ2v) is 5.96. The van der Waals surface area contributed by atoms with E-state index in [1.54, 1.807) is 4.90 Å². The van der Waals surface area contributed by atoms with Crippen LogP contribution >= 0.6 is 0 Å². The minimum absolute atomic E-state index is 0.0119. The van der Waals surface area contributed by atoms with E-state index in [2.05, 4.69) is 5.32 Å². The van der Waals surface area contributed by atoms with Crippen LogP contribution in [0.15, 0.2) is 18.2 Å². The van der Waals surface area contributed by atoms with E-state index in [0.29, 0.717) is 25.9 Å². The van der Waals surface area contributed by atoms with E-state index in [1.165, 1.54) is 5.56 Å². The summed E-state index contributed by atoms with van der Waals surface area (Å²) < 4.78 is 0. The molecule has 1 aliphatic rings. The number of aryl methyl sites for hydroxylation is 2. The van der Waals surface area contributed by atoms with Crippen LogP contribution in [0.2, 0.25) is 0 Å². The van der Waals surface area contributed by atoms with E-state index in [0.717, 1.165) is 11.3 Å². The van der Waals surface area contributed by atoms with Crippen LogP contribution in [0.4, 0.5) is 5.69 Å². The van der Waals surface area contributed by atoms with Crippen LogP contribution in [-0.4, -0.2) is 41.0 Å². The number of nitrogens with one attached hydrogen (secondary N) is 1. The molecule has 1 aliphatic heterocycles. The lowest BCUT2D eigenvalue weighted by atomic mass is 10.1.